The van der Waals surface area contributed by atoms with E-state index >= 15 is 0 Å². The van der Waals surface area contributed by atoms with Gasteiger partial charge in [0.2, 0.25) is 11.8 Å². The molecule has 0 spiro atoms. The van der Waals surface area contributed by atoms with Crippen LogP contribution in [0.3, 0.4) is 0 Å². The van der Waals surface area contributed by atoms with E-state index in [1.807, 2.05) is 28.0 Å². The predicted molar refractivity (Wildman–Crippen MR) is 119 cm³/mol. The molecule has 0 radical (unpaired) electrons. The smallest absolute Gasteiger partial charge is 0.320 e. The number of hydrogen-bond donors (Lipinski definition) is 2. The van der Waals surface area contributed by atoms with Crippen LogP contribution in [-0.4, -0.2) is 77.0 Å². The Balaban J connectivity index is 1.38. The van der Waals surface area contributed by atoms with Gasteiger partial charge in [-0.3, -0.25) is 14.8 Å². The summed E-state index contributed by atoms with van der Waals surface area (Å²) in [5, 5.41) is 9.29. The van der Waals surface area contributed by atoms with E-state index in [2.05, 4.69) is 12.1 Å². The molecule has 4 rings (SSSR count). The fourth-order valence-electron chi connectivity index (χ4n) is 5.45. The van der Waals surface area contributed by atoms with Gasteiger partial charge in [0, 0.05) is 39.3 Å². The zero-order valence-electron chi connectivity index (χ0n) is 18.6. The molecule has 0 saturated carbocycles. The Bertz CT molecular complexity index is 803. The number of benzene rings is 1. The van der Waals surface area contributed by atoms with Gasteiger partial charge in [-0.2, -0.15) is 0 Å². The predicted octanol–water partition coefficient (Wildman–Crippen LogP) is 2.44. The van der Waals surface area contributed by atoms with Crippen LogP contribution in [0.1, 0.15) is 50.0 Å². The molecule has 8 nitrogen and oxygen atoms in total. The highest BCUT2D eigenvalue weighted by molar-refractivity contribution is 5.88. The summed E-state index contributed by atoms with van der Waals surface area (Å²) < 4.78 is 0. The summed E-state index contributed by atoms with van der Waals surface area (Å²) >= 11 is 0. The zero-order valence-corrected chi connectivity index (χ0v) is 18.6. The third kappa shape index (κ3) is 4.90. The van der Waals surface area contributed by atoms with Crippen molar-refractivity contribution in [3.63, 3.8) is 0 Å². The van der Waals surface area contributed by atoms with Gasteiger partial charge in [-0.1, -0.05) is 30.3 Å². The first-order valence-corrected chi connectivity index (χ1v) is 11.9. The average molecular weight is 443 g/mol. The molecule has 3 aliphatic rings. The van der Waals surface area contributed by atoms with Crippen molar-refractivity contribution >= 4 is 17.8 Å². The highest BCUT2D eigenvalue weighted by Gasteiger charge is 2.42. The van der Waals surface area contributed by atoms with Crippen molar-refractivity contribution < 1.29 is 19.6 Å². The normalized spacial score (nSPS) is 24.8. The van der Waals surface area contributed by atoms with Gasteiger partial charge in [0.15, 0.2) is 0 Å². The molecule has 32 heavy (non-hydrogen) atoms. The van der Waals surface area contributed by atoms with E-state index < -0.39 is 17.7 Å². The van der Waals surface area contributed by atoms with Gasteiger partial charge >= 0.3 is 6.03 Å². The first-order chi connectivity index (χ1) is 15.6. The molecule has 1 aromatic rings. The van der Waals surface area contributed by atoms with Crippen molar-refractivity contribution in [1.82, 2.24) is 20.2 Å². The van der Waals surface area contributed by atoms with Crippen LogP contribution in [0.2, 0.25) is 0 Å². The molecule has 1 aromatic carbocycles. The minimum Gasteiger partial charge on any atom is -0.342 e. The number of rotatable bonds is 3. The monoisotopic (exact) mass is 442 g/mol. The Kier molecular flexibility index (Phi) is 7.29. The Morgan fingerprint density at radius 3 is 2.09 bits per heavy atom. The van der Waals surface area contributed by atoms with E-state index in [4.69, 9.17) is 0 Å². The number of carbonyl (C=O) groups is 3. The molecule has 3 saturated heterocycles. The zero-order chi connectivity index (χ0) is 22.5. The number of hydroxylamine groups is 1. The molecule has 174 valence electrons. The SMILES string of the molecule is O=C(NO)C1CN(C(=O)N2CCCCC2)CCC1C(=O)N1CCC(c2ccccc2)CC1. The summed E-state index contributed by atoms with van der Waals surface area (Å²) in [6.45, 7) is 3.44. The molecule has 2 atom stereocenters. The first-order valence-electron chi connectivity index (χ1n) is 11.9. The molecule has 0 aliphatic carbocycles. The summed E-state index contributed by atoms with van der Waals surface area (Å²) in [7, 11) is 0. The van der Waals surface area contributed by atoms with Gasteiger partial charge in [0.25, 0.3) is 0 Å². The third-order valence-corrected chi connectivity index (χ3v) is 7.35. The summed E-state index contributed by atoms with van der Waals surface area (Å²) in [6, 6.07) is 10.3. The topological polar surface area (TPSA) is 93.2 Å². The minimum atomic E-state index is -0.734. The molecule has 0 aromatic heterocycles. The van der Waals surface area contributed by atoms with Gasteiger partial charge < -0.3 is 14.7 Å². The lowest BCUT2D eigenvalue weighted by molar-refractivity contribution is -0.148. The fraction of sp³-hybridized carbons (Fsp3) is 0.625. The number of hydrogen-bond acceptors (Lipinski definition) is 4. The van der Waals surface area contributed by atoms with Gasteiger partial charge in [-0.05, 0) is 50.0 Å². The van der Waals surface area contributed by atoms with E-state index in [1.54, 1.807) is 10.4 Å². The molecule has 0 bridgehead atoms. The molecule has 8 heteroatoms. The molecule has 2 N–H and O–H groups in total. The quantitative estimate of drug-likeness (QED) is 0.555. The lowest BCUT2D eigenvalue weighted by atomic mass is 9.82. The van der Waals surface area contributed by atoms with Crippen molar-refractivity contribution in [1.29, 1.82) is 0 Å². The van der Waals surface area contributed by atoms with E-state index in [1.165, 1.54) is 5.56 Å². The van der Waals surface area contributed by atoms with Crippen LogP contribution in [0, 0.1) is 11.8 Å². The van der Waals surface area contributed by atoms with E-state index in [9.17, 15) is 19.6 Å². The number of nitrogens with one attached hydrogen (secondary N) is 1. The Morgan fingerprint density at radius 2 is 1.44 bits per heavy atom. The maximum Gasteiger partial charge on any atom is 0.320 e. The van der Waals surface area contributed by atoms with Crippen LogP contribution in [0.25, 0.3) is 0 Å². The second-order valence-electron chi connectivity index (χ2n) is 9.26. The van der Waals surface area contributed by atoms with Crippen molar-refractivity contribution in [3.8, 4) is 0 Å². The average Bonchev–Trinajstić information content (AvgIpc) is 2.88. The Morgan fingerprint density at radius 1 is 0.781 bits per heavy atom. The minimum absolute atomic E-state index is 0.0322. The Hall–Kier alpha value is -2.61. The molecule has 4 amide bonds. The number of carbonyl (C=O) groups excluding carboxylic acids is 3. The number of likely N-dealkylation sites (tertiary alicyclic amines) is 3. The van der Waals surface area contributed by atoms with Gasteiger partial charge in [-0.15, -0.1) is 0 Å². The third-order valence-electron chi connectivity index (χ3n) is 7.35. The number of nitrogens with zero attached hydrogens (tertiary/aromatic N) is 3. The van der Waals surface area contributed by atoms with E-state index in [0.717, 1.165) is 45.2 Å². The molecule has 3 fully saturated rings. The maximum absolute atomic E-state index is 13.4. The van der Waals surface area contributed by atoms with Crippen LogP contribution in [0.4, 0.5) is 4.79 Å². The van der Waals surface area contributed by atoms with E-state index in [0.29, 0.717) is 32.0 Å². The fourth-order valence-corrected chi connectivity index (χ4v) is 5.45. The molecular weight excluding hydrogens is 408 g/mol. The lowest BCUT2D eigenvalue weighted by Gasteiger charge is -2.42. The van der Waals surface area contributed by atoms with Gasteiger partial charge in [0.05, 0.1) is 11.8 Å². The highest BCUT2D eigenvalue weighted by Crippen LogP contribution is 2.32. The van der Waals surface area contributed by atoms with Crippen molar-refractivity contribution in [2.45, 2.75) is 44.4 Å². The Labute approximate surface area is 189 Å². The summed E-state index contributed by atoms with van der Waals surface area (Å²) in [5.74, 6) is -1.42. The van der Waals surface area contributed by atoms with Crippen molar-refractivity contribution in [2.75, 3.05) is 39.3 Å². The maximum atomic E-state index is 13.4. The summed E-state index contributed by atoms with van der Waals surface area (Å²) in [4.78, 5) is 44.1. The van der Waals surface area contributed by atoms with Crippen LogP contribution < -0.4 is 5.48 Å². The van der Waals surface area contributed by atoms with Crippen LogP contribution in [-0.2, 0) is 9.59 Å². The highest BCUT2D eigenvalue weighted by atomic mass is 16.5. The summed E-state index contributed by atoms with van der Waals surface area (Å²) in [5.41, 5.74) is 3.04. The van der Waals surface area contributed by atoms with Crippen molar-refractivity contribution in [2.24, 2.45) is 11.8 Å². The second-order valence-corrected chi connectivity index (χ2v) is 9.26. The second kappa shape index (κ2) is 10.3. The van der Waals surface area contributed by atoms with Crippen LogP contribution in [0.5, 0.6) is 0 Å². The molecular formula is C24H34N4O4. The molecule has 3 aliphatic heterocycles. The molecule has 3 heterocycles. The largest absolute Gasteiger partial charge is 0.342 e. The number of piperidine rings is 3. The van der Waals surface area contributed by atoms with Crippen molar-refractivity contribution in [3.05, 3.63) is 35.9 Å². The standard InChI is InChI=1S/C24H34N4O4/c29-22(25-32)21-17-28(24(31)27-12-5-2-6-13-27)16-11-20(21)23(30)26-14-9-19(10-15-26)18-7-3-1-4-8-18/h1,3-4,7-8,19-21,32H,2,5-6,9-17H2,(H,25,29). The number of amides is 4. The van der Waals surface area contributed by atoms with Crippen LogP contribution in [0.15, 0.2) is 30.3 Å². The molecule has 2 unspecified atom stereocenters. The number of urea groups is 1. The first kappa shape index (κ1) is 22.6. The van der Waals surface area contributed by atoms with Gasteiger partial charge in [-0.25, -0.2) is 10.3 Å². The van der Waals surface area contributed by atoms with Crippen LogP contribution >= 0.6 is 0 Å². The summed E-state index contributed by atoms with van der Waals surface area (Å²) in [6.07, 6.45) is 5.38. The van der Waals surface area contributed by atoms with E-state index in [-0.39, 0.29) is 18.5 Å². The van der Waals surface area contributed by atoms with Gasteiger partial charge in [0.1, 0.15) is 0 Å². The lowest BCUT2D eigenvalue weighted by Crippen LogP contribution is -2.56.